The minimum absolute atomic E-state index is 0.0887. The van der Waals surface area contributed by atoms with Crippen LogP contribution in [0, 0.1) is 0 Å². The molecule has 7 nitrogen and oxygen atoms in total. The third-order valence-electron chi connectivity index (χ3n) is 2.73. The molecule has 0 atom stereocenters. The average Bonchev–Trinajstić information content (AvgIpc) is 2.45. The van der Waals surface area contributed by atoms with E-state index in [-0.39, 0.29) is 11.1 Å². The quantitative estimate of drug-likeness (QED) is 0.617. The zero-order chi connectivity index (χ0) is 17.6. The van der Waals surface area contributed by atoms with Gasteiger partial charge in [-0.3, -0.25) is 9.59 Å². The maximum atomic E-state index is 11.6. The number of carbonyl (C=O) groups excluding carboxylic acids is 1. The van der Waals surface area contributed by atoms with Crippen molar-refractivity contribution in [3.8, 4) is 5.75 Å². The first-order valence-corrected chi connectivity index (χ1v) is 7.22. The van der Waals surface area contributed by atoms with Gasteiger partial charge < -0.3 is 26.5 Å². The second-order valence-corrected chi connectivity index (χ2v) is 5.43. The highest BCUT2D eigenvalue weighted by molar-refractivity contribution is 7.80. The van der Waals surface area contributed by atoms with Gasteiger partial charge in [-0.25, -0.2) is 0 Å². The molecule has 0 fully saturated rings. The first kappa shape index (κ1) is 18.4. The fourth-order valence-electron chi connectivity index (χ4n) is 1.78. The summed E-state index contributed by atoms with van der Waals surface area (Å²) in [6.45, 7) is 3.97. The van der Waals surface area contributed by atoms with E-state index in [4.69, 9.17) is 16.2 Å². The van der Waals surface area contributed by atoms with Crippen LogP contribution in [0.1, 0.15) is 24.3 Å². The number of H-pyrrole nitrogens is 1. The summed E-state index contributed by atoms with van der Waals surface area (Å²) in [6.07, 6.45) is 0. The Balaban J connectivity index is 0.000000322. The Kier molecular flexibility index (Phi) is 6.52. The number of rotatable bonds is 3. The number of nitrogens with two attached hydrogens (primary N) is 2. The van der Waals surface area contributed by atoms with Crippen molar-refractivity contribution >= 4 is 34.1 Å². The summed E-state index contributed by atoms with van der Waals surface area (Å²) < 4.78 is 5.02. The van der Waals surface area contributed by atoms with E-state index in [2.05, 4.69) is 22.5 Å². The number of ether oxygens (including phenoxy) is 1. The number of benzene rings is 1. The van der Waals surface area contributed by atoms with Crippen molar-refractivity contribution in [2.24, 2.45) is 11.5 Å². The first-order chi connectivity index (χ1) is 10.7. The van der Waals surface area contributed by atoms with Gasteiger partial charge in [0, 0.05) is 23.6 Å². The molecule has 2 aromatic rings. The summed E-state index contributed by atoms with van der Waals surface area (Å²) in [6, 6.07) is 6.51. The van der Waals surface area contributed by atoms with E-state index in [1.165, 1.54) is 13.2 Å². The fourth-order valence-corrected chi connectivity index (χ4v) is 2.01. The largest absolute Gasteiger partial charge is 0.497 e. The molecule has 1 aromatic carbocycles. The molecule has 0 saturated carbocycles. The van der Waals surface area contributed by atoms with Gasteiger partial charge in [-0.15, -0.1) is 0 Å². The molecule has 8 heteroatoms. The van der Waals surface area contributed by atoms with Crippen LogP contribution in [-0.2, 0) is 0 Å². The van der Waals surface area contributed by atoms with Crippen LogP contribution in [0.25, 0.3) is 10.9 Å². The van der Waals surface area contributed by atoms with Crippen molar-refractivity contribution in [1.82, 2.24) is 10.3 Å². The number of thiocarbonyl (C=S) groups is 1. The third kappa shape index (κ3) is 5.59. The smallest absolute Gasteiger partial charge is 0.265 e. The van der Waals surface area contributed by atoms with Crippen molar-refractivity contribution in [2.75, 3.05) is 7.11 Å². The minimum Gasteiger partial charge on any atom is -0.497 e. The van der Waals surface area contributed by atoms with E-state index in [0.717, 1.165) is 0 Å². The van der Waals surface area contributed by atoms with Gasteiger partial charge in [-0.05, 0) is 38.2 Å². The molecular weight excluding hydrogens is 316 g/mol. The molecule has 1 aromatic heterocycles. The van der Waals surface area contributed by atoms with Crippen LogP contribution in [0.15, 0.2) is 29.1 Å². The molecule has 0 bridgehead atoms. The van der Waals surface area contributed by atoms with Crippen LogP contribution < -0.4 is 26.9 Å². The molecule has 1 amide bonds. The Morgan fingerprint density at radius 3 is 2.39 bits per heavy atom. The number of hydrogen-bond donors (Lipinski definition) is 4. The summed E-state index contributed by atoms with van der Waals surface area (Å²) >= 11 is 4.54. The number of primary amides is 1. The van der Waals surface area contributed by atoms with Gasteiger partial charge in [-0.1, -0.05) is 0 Å². The SMILES string of the molecule is CC(C)NC(N)=S.COc1ccc2c(=O)cc(C(N)=O)[nH]c2c1. The van der Waals surface area contributed by atoms with Gasteiger partial charge >= 0.3 is 0 Å². The van der Waals surface area contributed by atoms with Crippen molar-refractivity contribution in [3.63, 3.8) is 0 Å². The van der Waals surface area contributed by atoms with Gasteiger partial charge in [0.15, 0.2) is 10.5 Å². The molecule has 0 unspecified atom stereocenters. The fraction of sp³-hybridized carbons (Fsp3) is 0.267. The van der Waals surface area contributed by atoms with Crippen LogP contribution in [-0.4, -0.2) is 29.2 Å². The van der Waals surface area contributed by atoms with Crippen LogP contribution >= 0.6 is 12.2 Å². The normalized spacial score (nSPS) is 9.91. The Labute approximate surface area is 139 Å². The Bertz CT molecular complexity index is 771. The summed E-state index contributed by atoms with van der Waals surface area (Å²) in [5.74, 6) is -0.0633. The predicted octanol–water partition coefficient (Wildman–Crippen LogP) is 0.864. The predicted molar refractivity (Wildman–Crippen MR) is 94.7 cm³/mol. The van der Waals surface area contributed by atoms with Crippen LogP contribution in [0.5, 0.6) is 5.75 Å². The number of nitrogens with one attached hydrogen (secondary N) is 2. The Hall–Kier alpha value is -2.61. The Morgan fingerprint density at radius 2 is 1.96 bits per heavy atom. The van der Waals surface area contributed by atoms with Gasteiger partial charge in [-0.2, -0.15) is 0 Å². The van der Waals surface area contributed by atoms with E-state index in [1.54, 1.807) is 18.2 Å². The van der Waals surface area contributed by atoms with Gasteiger partial charge in [0.25, 0.3) is 5.91 Å². The van der Waals surface area contributed by atoms with E-state index in [1.807, 2.05) is 13.8 Å². The lowest BCUT2D eigenvalue weighted by molar-refractivity contribution is 0.0996. The molecule has 0 aliphatic heterocycles. The second kappa shape index (κ2) is 8.14. The van der Waals surface area contributed by atoms with Crippen molar-refractivity contribution in [3.05, 3.63) is 40.2 Å². The molecule has 124 valence electrons. The summed E-state index contributed by atoms with van der Waals surface area (Å²) in [5.41, 5.74) is 10.6. The first-order valence-electron chi connectivity index (χ1n) is 6.81. The lowest BCUT2D eigenvalue weighted by atomic mass is 10.2. The van der Waals surface area contributed by atoms with Crippen molar-refractivity contribution in [2.45, 2.75) is 19.9 Å². The maximum absolute atomic E-state index is 11.6. The summed E-state index contributed by atoms with van der Waals surface area (Å²) in [5, 5.41) is 3.68. The zero-order valence-electron chi connectivity index (χ0n) is 13.2. The molecule has 23 heavy (non-hydrogen) atoms. The van der Waals surface area contributed by atoms with Crippen molar-refractivity contribution < 1.29 is 9.53 Å². The van der Waals surface area contributed by atoms with Crippen LogP contribution in [0.4, 0.5) is 0 Å². The standard InChI is InChI=1S/C11H10N2O3.C4H10N2S/c1-16-6-2-3-7-8(4-6)13-9(11(12)15)5-10(7)14;1-3(2)6-4(5)7/h2-5H,1H3,(H2,12,15)(H,13,14);3H,1-2H3,(H3,5,6,7). The number of hydrogen-bond acceptors (Lipinski definition) is 4. The summed E-state index contributed by atoms with van der Waals surface area (Å²) in [4.78, 5) is 25.4. The number of amides is 1. The Morgan fingerprint density at radius 1 is 1.30 bits per heavy atom. The molecule has 0 aliphatic rings. The lowest BCUT2D eigenvalue weighted by Gasteiger charge is -2.04. The number of carbonyl (C=O) groups is 1. The molecule has 0 aliphatic carbocycles. The molecule has 0 spiro atoms. The summed E-state index contributed by atoms with van der Waals surface area (Å²) in [7, 11) is 1.53. The molecule has 0 radical (unpaired) electrons. The number of pyridine rings is 1. The van der Waals surface area contributed by atoms with E-state index < -0.39 is 5.91 Å². The van der Waals surface area contributed by atoms with E-state index in [9.17, 15) is 9.59 Å². The van der Waals surface area contributed by atoms with E-state index in [0.29, 0.717) is 27.8 Å². The molecular formula is C15H20N4O3S. The highest BCUT2D eigenvalue weighted by Crippen LogP contribution is 2.16. The molecule has 1 heterocycles. The lowest BCUT2D eigenvalue weighted by Crippen LogP contribution is -2.34. The second-order valence-electron chi connectivity index (χ2n) is 4.99. The highest BCUT2D eigenvalue weighted by Gasteiger charge is 2.06. The maximum Gasteiger partial charge on any atom is 0.265 e. The average molecular weight is 336 g/mol. The van der Waals surface area contributed by atoms with Gasteiger partial charge in [0.05, 0.1) is 12.6 Å². The molecule has 0 saturated heterocycles. The van der Waals surface area contributed by atoms with E-state index >= 15 is 0 Å². The zero-order valence-corrected chi connectivity index (χ0v) is 14.0. The number of methoxy groups -OCH3 is 1. The topological polar surface area (TPSA) is 123 Å². The monoisotopic (exact) mass is 336 g/mol. The third-order valence-corrected chi connectivity index (χ3v) is 2.85. The van der Waals surface area contributed by atoms with Crippen LogP contribution in [0.2, 0.25) is 0 Å². The van der Waals surface area contributed by atoms with Crippen LogP contribution in [0.3, 0.4) is 0 Å². The number of fused-ring (bicyclic) bond motifs is 1. The van der Waals surface area contributed by atoms with Crippen molar-refractivity contribution in [1.29, 1.82) is 0 Å². The molecule has 2 rings (SSSR count). The number of aromatic nitrogens is 1. The van der Waals surface area contributed by atoms with Gasteiger partial charge in [0.1, 0.15) is 11.4 Å². The van der Waals surface area contributed by atoms with Gasteiger partial charge in [0.2, 0.25) is 0 Å². The minimum atomic E-state index is -0.665. The highest BCUT2D eigenvalue weighted by atomic mass is 32.1. The molecule has 6 N–H and O–H groups in total. The number of aromatic amines is 1.